The zero-order chi connectivity index (χ0) is 14.0. The van der Waals surface area contributed by atoms with Gasteiger partial charge >= 0.3 is 0 Å². The molecule has 0 rings (SSSR count). The van der Waals surface area contributed by atoms with E-state index in [9.17, 15) is 4.79 Å². The third-order valence-electron chi connectivity index (χ3n) is 3.47. The summed E-state index contributed by atoms with van der Waals surface area (Å²) in [5, 5.41) is 0. The fourth-order valence-electron chi connectivity index (χ4n) is 2.32. The average Bonchev–Trinajstić information content (AvgIpc) is 2.40. The van der Waals surface area contributed by atoms with E-state index in [-0.39, 0.29) is 11.8 Å². The molecule has 0 saturated heterocycles. The quantitative estimate of drug-likeness (QED) is 0.652. The molecule has 4 nitrogen and oxygen atoms in total. The first kappa shape index (κ1) is 17.4. The van der Waals surface area contributed by atoms with Crippen LogP contribution in [0.5, 0.6) is 0 Å². The highest BCUT2D eigenvalue weighted by Crippen LogP contribution is 2.15. The largest absolute Gasteiger partial charge is 0.383 e. The lowest BCUT2D eigenvalue weighted by Crippen LogP contribution is -2.46. The maximum Gasteiger partial charge on any atom is 0.227 e. The van der Waals surface area contributed by atoms with Gasteiger partial charge in [0.15, 0.2) is 0 Å². The molecule has 18 heavy (non-hydrogen) atoms. The van der Waals surface area contributed by atoms with Crippen LogP contribution in [0.4, 0.5) is 0 Å². The van der Waals surface area contributed by atoms with Crippen LogP contribution in [-0.2, 0) is 9.53 Å². The van der Waals surface area contributed by atoms with Gasteiger partial charge in [-0.05, 0) is 19.3 Å². The van der Waals surface area contributed by atoms with Crippen LogP contribution in [0.15, 0.2) is 0 Å². The number of carbonyl (C=O) groups excluding carboxylic acids is 1. The minimum Gasteiger partial charge on any atom is -0.383 e. The van der Waals surface area contributed by atoms with Gasteiger partial charge in [0.2, 0.25) is 5.91 Å². The van der Waals surface area contributed by atoms with Gasteiger partial charge in [-0.1, -0.05) is 27.2 Å². The van der Waals surface area contributed by atoms with Gasteiger partial charge in [0.05, 0.1) is 12.5 Å². The molecule has 0 aliphatic heterocycles. The molecule has 4 heteroatoms. The van der Waals surface area contributed by atoms with E-state index in [1.54, 1.807) is 7.11 Å². The Bertz CT molecular complexity index is 218. The molecule has 0 aliphatic carbocycles. The Balaban J connectivity index is 4.74. The molecule has 0 radical (unpaired) electrons. The molecule has 0 fully saturated rings. The topological polar surface area (TPSA) is 55.6 Å². The van der Waals surface area contributed by atoms with Crippen molar-refractivity contribution in [1.29, 1.82) is 0 Å². The summed E-state index contributed by atoms with van der Waals surface area (Å²) in [5.74, 6) is 0.164. The maximum atomic E-state index is 12.5. The van der Waals surface area contributed by atoms with Crippen molar-refractivity contribution in [3.63, 3.8) is 0 Å². The Hall–Kier alpha value is -0.610. The molecule has 1 amide bonds. The van der Waals surface area contributed by atoms with Crippen LogP contribution in [0.25, 0.3) is 0 Å². The van der Waals surface area contributed by atoms with E-state index in [0.29, 0.717) is 25.7 Å². The van der Waals surface area contributed by atoms with E-state index in [1.165, 1.54) is 0 Å². The number of carbonyl (C=O) groups is 1. The lowest BCUT2D eigenvalue weighted by Gasteiger charge is -2.33. The monoisotopic (exact) mass is 258 g/mol. The molecule has 108 valence electrons. The second-order valence-electron chi connectivity index (χ2n) is 4.72. The van der Waals surface area contributed by atoms with Gasteiger partial charge in [-0.3, -0.25) is 4.79 Å². The van der Waals surface area contributed by atoms with Gasteiger partial charge < -0.3 is 15.4 Å². The molecule has 0 heterocycles. The van der Waals surface area contributed by atoms with Crippen molar-refractivity contribution in [1.82, 2.24) is 4.90 Å². The highest BCUT2D eigenvalue weighted by Gasteiger charge is 2.26. The first-order valence-electron chi connectivity index (χ1n) is 7.15. The van der Waals surface area contributed by atoms with Crippen LogP contribution in [0.1, 0.15) is 46.5 Å². The fraction of sp³-hybridized carbons (Fsp3) is 0.929. The normalized spacial score (nSPS) is 12.8. The lowest BCUT2D eigenvalue weighted by atomic mass is 10.00. The van der Waals surface area contributed by atoms with Gasteiger partial charge in [0, 0.05) is 26.2 Å². The maximum absolute atomic E-state index is 12.5. The zero-order valence-electron chi connectivity index (χ0n) is 12.4. The number of amides is 1. The van der Waals surface area contributed by atoms with E-state index < -0.39 is 0 Å². The molecule has 0 aliphatic rings. The first-order valence-corrected chi connectivity index (χ1v) is 7.15. The van der Waals surface area contributed by atoms with Crippen molar-refractivity contribution in [3.8, 4) is 0 Å². The third kappa shape index (κ3) is 5.36. The van der Waals surface area contributed by atoms with Gasteiger partial charge in [-0.15, -0.1) is 0 Å². The van der Waals surface area contributed by atoms with E-state index in [1.807, 2.05) is 4.90 Å². The molecular weight excluding hydrogens is 228 g/mol. The number of methoxy groups -OCH3 is 1. The summed E-state index contributed by atoms with van der Waals surface area (Å²) in [6, 6.07) is 0.304. The number of hydrogen-bond acceptors (Lipinski definition) is 3. The van der Waals surface area contributed by atoms with Gasteiger partial charge in [-0.25, -0.2) is 0 Å². The second kappa shape index (κ2) is 10.3. The molecule has 0 aromatic carbocycles. The summed E-state index contributed by atoms with van der Waals surface area (Å²) in [5.41, 5.74) is 5.73. The zero-order valence-corrected chi connectivity index (χ0v) is 12.4. The third-order valence-corrected chi connectivity index (χ3v) is 3.47. The van der Waals surface area contributed by atoms with Crippen LogP contribution in [0, 0.1) is 5.92 Å². The number of nitrogens with zero attached hydrogens (tertiary/aromatic N) is 1. The summed E-state index contributed by atoms with van der Waals surface area (Å²) in [6.45, 7) is 8.04. The van der Waals surface area contributed by atoms with Crippen LogP contribution in [-0.4, -0.2) is 43.7 Å². The summed E-state index contributed by atoms with van der Waals surface area (Å²) in [7, 11) is 1.67. The van der Waals surface area contributed by atoms with Crippen molar-refractivity contribution in [2.45, 2.75) is 52.5 Å². The molecule has 0 aromatic heterocycles. The summed E-state index contributed by atoms with van der Waals surface area (Å²) in [6.07, 6.45) is 3.83. The van der Waals surface area contributed by atoms with Crippen LogP contribution in [0.2, 0.25) is 0 Å². The fourth-order valence-corrected chi connectivity index (χ4v) is 2.32. The number of hydrogen-bond donors (Lipinski definition) is 1. The van der Waals surface area contributed by atoms with Crippen LogP contribution in [0.3, 0.4) is 0 Å². The molecule has 1 atom stereocenters. The van der Waals surface area contributed by atoms with Crippen molar-refractivity contribution < 1.29 is 9.53 Å². The molecule has 0 bridgehead atoms. The van der Waals surface area contributed by atoms with Gasteiger partial charge in [0.25, 0.3) is 0 Å². The average molecular weight is 258 g/mol. The minimum absolute atomic E-state index is 0.0348. The van der Waals surface area contributed by atoms with Gasteiger partial charge in [-0.2, -0.15) is 0 Å². The smallest absolute Gasteiger partial charge is 0.227 e. The summed E-state index contributed by atoms with van der Waals surface area (Å²) >= 11 is 0. The Labute approximate surface area is 112 Å². The molecule has 1 unspecified atom stereocenters. The SMILES string of the molecule is CCCC(CN)C(=O)N(CCOC)C(CC)CC. The molecule has 0 aromatic rings. The molecule has 0 spiro atoms. The van der Waals surface area contributed by atoms with E-state index in [4.69, 9.17) is 10.5 Å². The number of rotatable bonds is 10. The predicted octanol–water partition coefficient (Wildman–Crippen LogP) is 2.02. The van der Waals surface area contributed by atoms with Crippen molar-refractivity contribution in [2.75, 3.05) is 26.8 Å². The number of ether oxygens (including phenoxy) is 1. The lowest BCUT2D eigenvalue weighted by molar-refractivity contribution is -0.138. The second-order valence-corrected chi connectivity index (χ2v) is 4.72. The van der Waals surface area contributed by atoms with Crippen molar-refractivity contribution in [2.24, 2.45) is 11.7 Å². The Morgan fingerprint density at radius 2 is 1.89 bits per heavy atom. The summed E-state index contributed by atoms with van der Waals surface area (Å²) < 4.78 is 5.11. The molecule has 2 N–H and O–H groups in total. The number of nitrogens with two attached hydrogens (primary N) is 1. The van der Waals surface area contributed by atoms with E-state index in [2.05, 4.69) is 20.8 Å². The molecular formula is C14H30N2O2. The van der Waals surface area contributed by atoms with Gasteiger partial charge in [0.1, 0.15) is 0 Å². The van der Waals surface area contributed by atoms with Crippen LogP contribution >= 0.6 is 0 Å². The highest BCUT2D eigenvalue weighted by molar-refractivity contribution is 5.79. The Morgan fingerprint density at radius 1 is 1.28 bits per heavy atom. The minimum atomic E-state index is -0.0348. The summed E-state index contributed by atoms with van der Waals surface area (Å²) in [4.78, 5) is 14.5. The molecule has 0 saturated carbocycles. The van der Waals surface area contributed by atoms with E-state index in [0.717, 1.165) is 25.7 Å². The first-order chi connectivity index (χ1) is 8.65. The standard InChI is InChI=1S/C14H30N2O2/c1-5-8-12(11-15)14(17)16(9-10-18-4)13(6-2)7-3/h12-13H,5-11,15H2,1-4H3. The van der Waals surface area contributed by atoms with Crippen LogP contribution < -0.4 is 5.73 Å². The highest BCUT2D eigenvalue weighted by atomic mass is 16.5. The Morgan fingerprint density at radius 3 is 2.28 bits per heavy atom. The van der Waals surface area contributed by atoms with Crippen molar-refractivity contribution >= 4 is 5.91 Å². The predicted molar refractivity (Wildman–Crippen MR) is 75.4 cm³/mol. The van der Waals surface area contributed by atoms with Crippen molar-refractivity contribution in [3.05, 3.63) is 0 Å². The Kier molecular flexibility index (Phi) is 9.98. The van der Waals surface area contributed by atoms with E-state index >= 15 is 0 Å².